The van der Waals surface area contributed by atoms with Crippen molar-refractivity contribution in [1.29, 1.82) is 0 Å². The summed E-state index contributed by atoms with van der Waals surface area (Å²) in [4.78, 5) is 13.5. The zero-order chi connectivity index (χ0) is 16.1. The van der Waals surface area contributed by atoms with Crippen LogP contribution in [0.2, 0.25) is 0 Å². The molecule has 0 spiro atoms. The topological polar surface area (TPSA) is 51.2 Å². The number of thioether (sulfide) groups is 1. The molecular formula is C16H14I2O3S2. The van der Waals surface area contributed by atoms with Crippen LogP contribution in [0.5, 0.6) is 0 Å². The summed E-state index contributed by atoms with van der Waals surface area (Å²) in [6.45, 7) is 0. The van der Waals surface area contributed by atoms with E-state index < -0.39 is 15.1 Å². The molecule has 122 valence electrons. The molecule has 1 aromatic carbocycles. The fourth-order valence-corrected chi connectivity index (χ4v) is 13.3. The molecule has 3 nitrogen and oxygen atoms in total. The lowest BCUT2D eigenvalue weighted by Crippen LogP contribution is -2.52. The van der Waals surface area contributed by atoms with Gasteiger partial charge in [-0.3, -0.25) is 4.79 Å². The number of ketones is 1. The molecule has 3 aliphatic heterocycles. The van der Waals surface area contributed by atoms with Crippen LogP contribution in [-0.2, 0) is 9.84 Å². The Morgan fingerprint density at radius 3 is 2.52 bits per heavy atom. The minimum atomic E-state index is -3.42. The van der Waals surface area contributed by atoms with Crippen molar-refractivity contribution in [2.45, 2.75) is 39.9 Å². The smallest absolute Gasteiger partial charge is 0.184 e. The lowest BCUT2D eigenvalue weighted by Gasteiger charge is -2.39. The SMILES string of the molecule is O=C1c2cc(I)cc(I)c2S(=O)(=O)C2C3SC(C4CCCC43)C12. The van der Waals surface area contributed by atoms with Gasteiger partial charge in [0.25, 0.3) is 0 Å². The van der Waals surface area contributed by atoms with Gasteiger partial charge in [0.2, 0.25) is 0 Å². The highest BCUT2D eigenvalue weighted by atomic mass is 127. The maximum absolute atomic E-state index is 13.4. The number of halogens is 2. The molecule has 0 radical (unpaired) electrons. The van der Waals surface area contributed by atoms with Crippen LogP contribution in [0.4, 0.5) is 0 Å². The van der Waals surface area contributed by atoms with Crippen LogP contribution in [0, 0.1) is 24.9 Å². The van der Waals surface area contributed by atoms with Crippen molar-refractivity contribution < 1.29 is 13.2 Å². The summed E-state index contributed by atoms with van der Waals surface area (Å²) in [5, 5.41) is -0.122. The van der Waals surface area contributed by atoms with Crippen LogP contribution in [0.15, 0.2) is 17.0 Å². The fraction of sp³-hybridized carbons (Fsp3) is 0.562. The maximum Gasteiger partial charge on any atom is 0.184 e. The third-order valence-corrected chi connectivity index (χ3v) is 12.3. The molecule has 2 saturated heterocycles. The van der Waals surface area contributed by atoms with Crippen LogP contribution in [0.25, 0.3) is 0 Å². The summed E-state index contributed by atoms with van der Waals surface area (Å²) in [7, 11) is -3.42. The van der Waals surface area contributed by atoms with E-state index in [0.29, 0.717) is 25.9 Å². The number of carbonyl (C=O) groups excluding carboxylic acids is 1. The molecule has 6 atom stereocenters. The summed E-state index contributed by atoms with van der Waals surface area (Å²) >= 11 is 6.05. The molecule has 5 rings (SSSR count). The molecule has 0 aromatic heterocycles. The van der Waals surface area contributed by atoms with Crippen LogP contribution in [0.1, 0.15) is 29.6 Å². The van der Waals surface area contributed by atoms with Gasteiger partial charge in [-0.1, -0.05) is 6.42 Å². The second-order valence-corrected chi connectivity index (χ2v) is 12.8. The zero-order valence-corrected chi connectivity index (χ0v) is 18.0. The van der Waals surface area contributed by atoms with Crippen molar-refractivity contribution in [2.75, 3.05) is 0 Å². The van der Waals surface area contributed by atoms with Crippen LogP contribution in [-0.4, -0.2) is 30.0 Å². The van der Waals surface area contributed by atoms with E-state index in [2.05, 4.69) is 45.2 Å². The van der Waals surface area contributed by atoms with Gasteiger partial charge < -0.3 is 0 Å². The molecule has 7 heteroatoms. The number of benzene rings is 1. The largest absolute Gasteiger partial charge is 0.294 e. The number of carbonyl (C=O) groups is 1. The average Bonchev–Trinajstić information content (AvgIpc) is 3.14. The summed E-state index contributed by atoms with van der Waals surface area (Å²) in [6, 6.07) is 3.64. The van der Waals surface area contributed by atoms with Gasteiger partial charge in [0.1, 0.15) is 0 Å². The zero-order valence-electron chi connectivity index (χ0n) is 12.0. The minimum Gasteiger partial charge on any atom is -0.294 e. The van der Waals surface area contributed by atoms with Gasteiger partial charge >= 0.3 is 0 Å². The van der Waals surface area contributed by atoms with E-state index >= 15 is 0 Å². The van der Waals surface area contributed by atoms with Crippen molar-refractivity contribution in [3.63, 3.8) is 0 Å². The van der Waals surface area contributed by atoms with Gasteiger partial charge in [-0.25, -0.2) is 8.42 Å². The van der Waals surface area contributed by atoms with Gasteiger partial charge in [-0.2, -0.15) is 11.8 Å². The number of rotatable bonds is 0. The molecule has 1 saturated carbocycles. The Morgan fingerprint density at radius 2 is 1.78 bits per heavy atom. The van der Waals surface area contributed by atoms with Crippen molar-refractivity contribution >= 4 is 72.6 Å². The van der Waals surface area contributed by atoms with Gasteiger partial charge in [-0.05, 0) is 82.0 Å². The summed E-state index contributed by atoms with van der Waals surface area (Å²) in [5.74, 6) is 0.850. The Morgan fingerprint density at radius 1 is 1.09 bits per heavy atom. The Bertz CT molecular complexity index is 851. The second-order valence-electron chi connectivity index (χ2n) is 6.99. The minimum absolute atomic E-state index is 0.0848. The number of hydrogen-bond acceptors (Lipinski definition) is 4. The summed E-state index contributed by atoms with van der Waals surface area (Å²) < 4.78 is 28.4. The fourth-order valence-electron chi connectivity index (χ4n) is 5.30. The molecule has 1 aliphatic carbocycles. The highest BCUT2D eigenvalue weighted by molar-refractivity contribution is 14.1. The van der Waals surface area contributed by atoms with E-state index in [0.717, 1.165) is 9.99 Å². The monoisotopic (exact) mass is 572 g/mol. The standard InChI is InChI=1S/C16H14I2O3S2/c17-6-4-9-12(19)11-13-7-2-1-3-8(7)14(22-13)16(11)23(20,21)15(9)10(18)5-6/h4-5,7-8,11,13-14,16H,1-3H2. The molecule has 6 unspecified atom stereocenters. The van der Waals surface area contributed by atoms with Crippen LogP contribution < -0.4 is 0 Å². The Balaban J connectivity index is 1.75. The predicted molar refractivity (Wildman–Crippen MR) is 107 cm³/mol. The van der Waals surface area contributed by atoms with E-state index in [1.165, 1.54) is 12.8 Å². The third-order valence-electron chi connectivity index (χ3n) is 6.03. The average molecular weight is 572 g/mol. The van der Waals surface area contributed by atoms with E-state index in [1.807, 2.05) is 17.8 Å². The Labute approximate surface area is 166 Å². The molecule has 0 N–H and O–H groups in total. The molecule has 1 aromatic rings. The van der Waals surface area contributed by atoms with Gasteiger partial charge in [0.15, 0.2) is 15.6 Å². The Kier molecular flexibility index (Phi) is 3.52. The van der Waals surface area contributed by atoms with E-state index in [-0.39, 0.29) is 22.2 Å². The molecule has 4 aliphatic rings. The third kappa shape index (κ3) is 1.94. The quantitative estimate of drug-likeness (QED) is 0.445. The van der Waals surface area contributed by atoms with E-state index in [4.69, 9.17) is 0 Å². The van der Waals surface area contributed by atoms with Gasteiger partial charge in [0, 0.05) is 23.2 Å². The summed E-state index contributed by atoms with van der Waals surface area (Å²) in [5.41, 5.74) is 0.449. The van der Waals surface area contributed by atoms with Crippen molar-refractivity contribution in [3.8, 4) is 0 Å². The van der Waals surface area contributed by atoms with Crippen molar-refractivity contribution in [2.24, 2.45) is 17.8 Å². The predicted octanol–water partition coefficient (Wildman–Crippen LogP) is 3.76. The first-order chi connectivity index (χ1) is 10.9. The second kappa shape index (κ2) is 5.09. The van der Waals surface area contributed by atoms with Crippen molar-refractivity contribution in [1.82, 2.24) is 0 Å². The highest BCUT2D eigenvalue weighted by Crippen LogP contribution is 2.65. The van der Waals surface area contributed by atoms with Gasteiger partial charge in [-0.15, -0.1) is 0 Å². The number of sulfone groups is 1. The first-order valence-corrected chi connectivity index (χ1v) is 12.5. The van der Waals surface area contributed by atoms with Gasteiger partial charge in [0.05, 0.1) is 16.1 Å². The molecule has 0 amide bonds. The normalized spacial score (nSPS) is 42.4. The van der Waals surface area contributed by atoms with E-state index in [9.17, 15) is 13.2 Å². The summed E-state index contributed by atoms with van der Waals surface area (Å²) in [6.07, 6.45) is 3.51. The molecule has 2 bridgehead atoms. The van der Waals surface area contributed by atoms with Crippen LogP contribution in [0.3, 0.4) is 0 Å². The molecule has 3 fully saturated rings. The molecule has 23 heavy (non-hydrogen) atoms. The molecule has 3 heterocycles. The lowest BCUT2D eigenvalue weighted by atomic mass is 9.73. The molecular weight excluding hydrogens is 558 g/mol. The maximum atomic E-state index is 13.4. The number of Topliss-reactive ketones (excluding diaryl/α,β-unsaturated/α-hetero) is 1. The number of fused-ring (bicyclic) bond motifs is 9. The Hall–Kier alpha value is 0.650. The van der Waals surface area contributed by atoms with E-state index in [1.54, 1.807) is 6.07 Å². The first-order valence-electron chi connectivity index (χ1n) is 7.84. The highest BCUT2D eigenvalue weighted by Gasteiger charge is 2.67. The number of hydrogen-bond donors (Lipinski definition) is 0. The first kappa shape index (κ1) is 15.9. The van der Waals surface area contributed by atoms with Crippen LogP contribution >= 0.6 is 56.9 Å². The van der Waals surface area contributed by atoms with Crippen molar-refractivity contribution in [3.05, 3.63) is 24.8 Å². The lowest BCUT2D eigenvalue weighted by molar-refractivity contribution is 0.0867.